The van der Waals surface area contributed by atoms with Crippen LogP contribution in [0.1, 0.15) is 44.5 Å². The average molecular weight is 997 g/mol. The Bertz CT molecular complexity index is 3530. The van der Waals surface area contributed by atoms with E-state index in [0.29, 0.717) is 0 Å². The van der Waals surface area contributed by atoms with Gasteiger partial charge in [-0.2, -0.15) is 20.4 Å². The van der Waals surface area contributed by atoms with E-state index in [-0.39, 0.29) is 0 Å². The number of rotatable bonds is 4. The molecule has 8 aromatic heterocycles. The Balaban J connectivity index is 0.956. The fourth-order valence-electron chi connectivity index (χ4n) is 7.67. The Kier molecular flexibility index (Phi) is 10.9. The molecule has 12 nitrogen and oxygen atoms in total. The van der Waals surface area contributed by atoms with Gasteiger partial charge in [-0.25, -0.2) is 19.9 Å². The lowest BCUT2D eigenvalue weighted by molar-refractivity contribution is 1.09. The SMILES string of the molecule is C(#Cc1cn[nH]c1)c1ccc(-c2nc3c(s2)-c2nc(-c4ccc(C#Cc5cn[nH]c5)cc4)sc2-c2nc(-c4ccc(C#Cc5cn[nH]c5)cc4)sc2-c2nc(-c4ccc(C#Cc5cn[nH]c5)cc4)sc2-3)cc1. The molecular formula is C56H28N12S4. The lowest BCUT2D eigenvalue weighted by atomic mass is 10.1. The van der Waals surface area contributed by atoms with Crippen LogP contribution in [0, 0.1) is 47.4 Å². The molecule has 16 heteroatoms. The monoisotopic (exact) mass is 996 g/mol. The van der Waals surface area contributed by atoms with Crippen LogP contribution < -0.4 is 0 Å². The summed E-state index contributed by atoms with van der Waals surface area (Å²) in [5, 5.41) is 30.8. The summed E-state index contributed by atoms with van der Waals surface area (Å²) in [5.41, 5.74) is 14.0. The van der Waals surface area contributed by atoms with Crippen LogP contribution in [0.15, 0.2) is 147 Å². The van der Waals surface area contributed by atoms with E-state index in [1.807, 2.05) is 48.5 Å². The minimum atomic E-state index is 0.821. The van der Waals surface area contributed by atoms with Crippen molar-refractivity contribution in [1.29, 1.82) is 0 Å². The Morgan fingerprint density at radius 2 is 0.472 bits per heavy atom. The van der Waals surface area contributed by atoms with Crippen LogP contribution in [0.25, 0.3) is 84.6 Å². The summed E-state index contributed by atoms with van der Waals surface area (Å²) in [7, 11) is 0. The zero-order valence-electron chi connectivity index (χ0n) is 37.1. The smallest absolute Gasteiger partial charge is 0.124 e. The van der Waals surface area contributed by atoms with Crippen molar-refractivity contribution in [3.8, 4) is 132 Å². The Labute approximate surface area is 426 Å². The number of fused-ring (bicyclic) bond motifs is 8. The molecule has 0 saturated carbocycles. The van der Waals surface area contributed by atoms with Crippen molar-refractivity contribution < 1.29 is 0 Å². The second kappa shape index (κ2) is 18.4. The highest BCUT2D eigenvalue weighted by Gasteiger charge is 2.34. The molecule has 1 aliphatic rings. The molecule has 0 fully saturated rings. The third-order valence-corrected chi connectivity index (χ3v) is 15.7. The fraction of sp³-hybridized carbons (Fsp3) is 0. The van der Waals surface area contributed by atoms with Crippen molar-refractivity contribution in [2.24, 2.45) is 0 Å². The van der Waals surface area contributed by atoms with Gasteiger partial charge in [-0.15, -0.1) is 45.3 Å². The summed E-state index contributed by atoms with van der Waals surface area (Å²) in [6, 6.07) is 32.8. The molecule has 0 bridgehead atoms. The molecule has 0 aliphatic heterocycles. The number of thiazole rings is 4. The van der Waals surface area contributed by atoms with E-state index in [4.69, 9.17) is 19.9 Å². The summed E-state index contributed by atoms with van der Waals surface area (Å²) >= 11 is 6.47. The van der Waals surface area contributed by atoms with Gasteiger partial charge in [0.2, 0.25) is 0 Å². The van der Waals surface area contributed by atoms with Crippen molar-refractivity contribution in [1.82, 2.24) is 60.7 Å². The number of H-pyrrole nitrogens is 4. The summed E-state index contributed by atoms with van der Waals surface area (Å²) < 4.78 is 0. The van der Waals surface area contributed by atoms with Gasteiger partial charge < -0.3 is 0 Å². The number of nitrogens with one attached hydrogen (secondary N) is 4. The van der Waals surface area contributed by atoms with Gasteiger partial charge in [-0.1, -0.05) is 95.9 Å². The predicted octanol–water partition coefficient (Wildman–Crippen LogP) is 11.7. The largest absolute Gasteiger partial charge is 0.284 e. The molecule has 1 aliphatic carbocycles. The van der Waals surface area contributed by atoms with Crippen molar-refractivity contribution in [2.45, 2.75) is 0 Å². The van der Waals surface area contributed by atoms with Crippen molar-refractivity contribution in [3.05, 3.63) is 191 Å². The van der Waals surface area contributed by atoms with Crippen LogP contribution >= 0.6 is 45.3 Å². The van der Waals surface area contributed by atoms with E-state index < -0.39 is 0 Å². The van der Waals surface area contributed by atoms with Crippen molar-refractivity contribution >= 4 is 45.3 Å². The molecule has 4 aromatic carbocycles. The first-order valence-electron chi connectivity index (χ1n) is 22.1. The van der Waals surface area contributed by atoms with Gasteiger partial charge in [-0.3, -0.25) is 20.4 Å². The number of nitrogens with zero attached hydrogens (tertiary/aromatic N) is 8. The molecule has 8 heterocycles. The van der Waals surface area contributed by atoms with Gasteiger partial charge in [0.1, 0.15) is 42.8 Å². The quantitative estimate of drug-likeness (QED) is 0.126. The molecule has 4 N–H and O–H groups in total. The summed E-state index contributed by atoms with van der Waals surface area (Å²) in [5.74, 6) is 25.6. The zero-order chi connectivity index (χ0) is 47.8. The number of aromatic amines is 4. The van der Waals surface area contributed by atoms with Gasteiger partial charge in [0, 0.05) is 69.3 Å². The van der Waals surface area contributed by atoms with Crippen molar-refractivity contribution in [2.75, 3.05) is 0 Å². The highest BCUT2D eigenvalue weighted by molar-refractivity contribution is 7.24. The molecule has 0 spiro atoms. The van der Waals surface area contributed by atoms with E-state index in [1.54, 1.807) is 94.9 Å². The Morgan fingerprint density at radius 3 is 0.667 bits per heavy atom. The molecule has 0 radical (unpaired) electrons. The number of benzene rings is 4. The number of hydrogen-bond donors (Lipinski definition) is 4. The Hall–Kier alpha value is -9.52. The molecule has 336 valence electrons. The summed E-state index contributed by atoms with van der Waals surface area (Å²) in [6.45, 7) is 0. The first-order chi connectivity index (χ1) is 35.6. The second-order valence-corrected chi connectivity index (χ2v) is 20.0. The van der Waals surface area contributed by atoms with Gasteiger partial charge in [0.25, 0.3) is 0 Å². The first kappa shape index (κ1) is 42.6. The minimum absolute atomic E-state index is 0.821. The molecule has 0 amide bonds. The van der Waals surface area contributed by atoms with E-state index in [0.717, 1.165) is 129 Å². The number of hydrogen-bond acceptors (Lipinski definition) is 12. The molecular weight excluding hydrogens is 969 g/mol. The third kappa shape index (κ3) is 8.52. The van der Waals surface area contributed by atoms with Gasteiger partial charge in [0.05, 0.1) is 66.5 Å². The maximum absolute atomic E-state index is 5.49. The zero-order valence-corrected chi connectivity index (χ0v) is 40.3. The standard InChI is InChI=1S/C56H28N12S4/c1(5-37-25-57-58-26-37)33-9-17-41(18-10-33)53-65-45-49(69-53)46-51(71-54(66-46)42-19-11-34(12-20-42)2-6-38-27-59-60-28-38)48-52(72-56(68-48)44-23-15-36(16-24-44)4-8-40-31-63-64-32-40)47-50(45)70-55(67-47)43-21-13-35(14-22-43)3-7-39-29-61-62-30-39/h9-32H,(H,57,58)(H,59,60)(H,61,62)(H,63,64). The number of aromatic nitrogens is 12. The highest BCUT2D eigenvalue weighted by Crippen LogP contribution is 2.56. The first-order valence-corrected chi connectivity index (χ1v) is 25.4. The molecule has 0 saturated heterocycles. The second-order valence-electron chi connectivity index (χ2n) is 16.0. The average Bonchev–Trinajstić information content (AvgIpc) is 4.27. The van der Waals surface area contributed by atoms with Crippen LogP contribution in [0.3, 0.4) is 0 Å². The van der Waals surface area contributed by atoms with E-state index in [2.05, 4.69) is 137 Å². The van der Waals surface area contributed by atoms with Crippen LogP contribution in [-0.2, 0) is 0 Å². The van der Waals surface area contributed by atoms with Gasteiger partial charge in [0.15, 0.2) is 0 Å². The minimum Gasteiger partial charge on any atom is -0.284 e. The summed E-state index contributed by atoms with van der Waals surface area (Å²) in [4.78, 5) is 25.7. The lowest BCUT2D eigenvalue weighted by Crippen LogP contribution is -1.91. The van der Waals surface area contributed by atoms with E-state index >= 15 is 0 Å². The molecule has 72 heavy (non-hydrogen) atoms. The van der Waals surface area contributed by atoms with E-state index in [1.165, 1.54) is 0 Å². The van der Waals surface area contributed by atoms with Crippen LogP contribution in [0.4, 0.5) is 0 Å². The third-order valence-electron chi connectivity index (χ3n) is 11.3. The fourth-order valence-corrected chi connectivity index (χ4v) is 12.2. The Morgan fingerprint density at radius 1 is 0.264 bits per heavy atom. The van der Waals surface area contributed by atoms with Crippen LogP contribution in [0.5, 0.6) is 0 Å². The lowest BCUT2D eigenvalue weighted by Gasteiger charge is -2.07. The van der Waals surface area contributed by atoms with Crippen LogP contribution in [-0.4, -0.2) is 60.7 Å². The topological polar surface area (TPSA) is 166 Å². The van der Waals surface area contributed by atoms with Crippen molar-refractivity contribution in [3.63, 3.8) is 0 Å². The molecule has 13 rings (SSSR count). The predicted molar refractivity (Wildman–Crippen MR) is 284 cm³/mol. The normalized spacial score (nSPS) is 10.9. The maximum Gasteiger partial charge on any atom is 0.124 e. The molecule has 12 aromatic rings. The van der Waals surface area contributed by atoms with E-state index in [9.17, 15) is 0 Å². The molecule has 0 unspecified atom stereocenters. The van der Waals surface area contributed by atoms with Gasteiger partial charge in [-0.05, 0) is 48.5 Å². The summed E-state index contributed by atoms with van der Waals surface area (Å²) in [6.07, 6.45) is 13.9. The maximum atomic E-state index is 5.49. The van der Waals surface area contributed by atoms with Gasteiger partial charge >= 0.3 is 0 Å². The molecule has 0 atom stereocenters. The van der Waals surface area contributed by atoms with Crippen LogP contribution in [0.2, 0.25) is 0 Å². The highest BCUT2D eigenvalue weighted by atomic mass is 32.1.